The summed E-state index contributed by atoms with van der Waals surface area (Å²) in [6.07, 6.45) is 0.765. The normalized spacial score (nSPS) is 10.8. The molecule has 0 spiro atoms. The highest BCUT2D eigenvalue weighted by Gasteiger charge is 2.05. The second-order valence-corrected chi connectivity index (χ2v) is 6.25. The molecular formula is C18H24FIN4OS. The summed E-state index contributed by atoms with van der Waals surface area (Å²) in [5, 5.41) is 11.1. The molecule has 1 aromatic carbocycles. The summed E-state index contributed by atoms with van der Waals surface area (Å²) < 4.78 is 13.6. The van der Waals surface area contributed by atoms with Crippen LogP contribution in [0.1, 0.15) is 28.6 Å². The van der Waals surface area contributed by atoms with Gasteiger partial charge in [-0.15, -0.1) is 35.3 Å². The van der Waals surface area contributed by atoms with Crippen molar-refractivity contribution < 1.29 is 9.18 Å². The van der Waals surface area contributed by atoms with Crippen molar-refractivity contribution in [3.05, 3.63) is 58.0 Å². The number of nitrogens with zero attached hydrogens (tertiary/aromatic N) is 1. The molecule has 0 bridgehead atoms. The van der Waals surface area contributed by atoms with Gasteiger partial charge in [0.15, 0.2) is 5.96 Å². The van der Waals surface area contributed by atoms with Gasteiger partial charge in [0.2, 0.25) is 0 Å². The molecular weight excluding hydrogens is 466 g/mol. The van der Waals surface area contributed by atoms with Crippen molar-refractivity contribution in [2.75, 3.05) is 19.6 Å². The predicted octanol–water partition coefficient (Wildman–Crippen LogP) is 3.38. The van der Waals surface area contributed by atoms with Gasteiger partial charge < -0.3 is 16.0 Å². The maximum Gasteiger partial charge on any atom is 0.261 e. The van der Waals surface area contributed by atoms with E-state index >= 15 is 0 Å². The molecule has 0 atom stereocenters. The first kappa shape index (κ1) is 22.4. The number of nitrogens with one attached hydrogen (secondary N) is 3. The highest BCUT2D eigenvalue weighted by molar-refractivity contribution is 14.0. The fourth-order valence-corrected chi connectivity index (χ4v) is 2.76. The lowest BCUT2D eigenvalue weighted by molar-refractivity contribution is 0.0957. The molecule has 2 aromatic rings. The van der Waals surface area contributed by atoms with E-state index in [0.717, 1.165) is 13.0 Å². The molecule has 26 heavy (non-hydrogen) atoms. The molecule has 0 radical (unpaired) electrons. The van der Waals surface area contributed by atoms with E-state index in [1.807, 2.05) is 18.4 Å². The van der Waals surface area contributed by atoms with E-state index in [1.54, 1.807) is 24.3 Å². The van der Waals surface area contributed by atoms with Crippen molar-refractivity contribution in [2.24, 2.45) is 4.99 Å². The zero-order valence-electron chi connectivity index (χ0n) is 14.6. The minimum atomic E-state index is -0.251. The van der Waals surface area contributed by atoms with Crippen molar-refractivity contribution in [3.63, 3.8) is 0 Å². The smallest absolute Gasteiger partial charge is 0.261 e. The van der Waals surface area contributed by atoms with Crippen molar-refractivity contribution in [2.45, 2.75) is 19.9 Å². The van der Waals surface area contributed by atoms with Crippen LogP contribution in [0.2, 0.25) is 0 Å². The van der Waals surface area contributed by atoms with Gasteiger partial charge in [-0.25, -0.2) is 9.38 Å². The Morgan fingerprint density at radius 3 is 2.58 bits per heavy atom. The first-order valence-corrected chi connectivity index (χ1v) is 9.16. The third-order valence-electron chi connectivity index (χ3n) is 3.39. The molecule has 5 nitrogen and oxygen atoms in total. The Kier molecular flexibility index (Phi) is 10.9. The molecule has 2 rings (SSSR count). The van der Waals surface area contributed by atoms with Crippen LogP contribution < -0.4 is 16.0 Å². The largest absolute Gasteiger partial charge is 0.357 e. The second-order valence-electron chi connectivity index (χ2n) is 5.30. The molecule has 0 aliphatic rings. The Labute approximate surface area is 174 Å². The standard InChI is InChI=1S/C18H23FN4OS.HI/c1-2-20-18(23-13-14-7-3-4-8-15(14)19)22-11-6-10-21-17(24)16-9-5-12-25-16;/h3-5,7-9,12H,2,6,10-11,13H2,1H3,(H,21,24)(H2,20,22,23);1H. The Morgan fingerprint density at radius 1 is 1.12 bits per heavy atom. The number of halogens is 2. The lowest BCUT2D eigenvalue weighted by atomic mass is 10.2. The highest BCUT2D eigenvalue weighted by Crippen LogP contribution is 2.08. The van der Waals surface area contributed by atoms with Gasteiger partial charge >= 0.3 is 0 Å². The summed E-state index contributed by atoms with van der Waals surface area (Å²) >= 11 is 1.42. The van der Waals surface area contributed by atoms with E-state index in [-0.39, 0.29) is 42.2 Å². The average molecular weight is 490 g/mol. The van der Waals surface area contributed by atoms with Gasteiger partial charge in [0.1, 0.15) is 5.82 Å². The highest BCUT2D eigenvalue weighted by atomic mass is 127. The molecule has 142 valence electrons. The van der Waals surface area contributed by atoms with Crippen LogP contribution >= 0.6 is 35.3 Å². The number of amides is 1. The second kappa shape index (κ2) is 12.6. The van der Waals surface area contributed by atoms with E-state index in [2.05, 4.69) is 20.9 Å². The maximum absolute atomic E-state index is 13.6. The Morgan fingerprint density at radius 2 is 1.88 bits per heavy atom. The van der Waals surface area contributed by atoms with Crippen LogP contribution in [-0.4, -0.2) is 31.5 Å². The fraction of sp³-hybridized carbons (Fsp3) is 0.333. The van der Waals surface area contributed by atoms with Crippen LogP contribution in [0, 0.1) is 5.82 Å². The van der Waals surface area contributed by atoms with Crippen LogP contribution in [0.25, 0.3) is 0 Å². The number of carbonyl (C=O) groups is 1. The van der Waals surface area contributed by atoms with E-state index in [0.29, 0.717) is 29.5 Å². The molecule has 0 saturated carbocycles. The molecule has 8 heteroatoms. The van der Waals surface area contributed by atoms with Crippen molar-refractivity contribution in [1.82, 2.24) is 16.0 Å². The van der Waals surface area contributed by atoms with E-state index in [9.17, 15) is 9.18 Å². The van der Waals surface area contributed by atoms with Gasteiger partial charge in [0.25, 0.3) is 5.91 Å². The first-order chi connectivity index (χ1) is 12.2. The SMILES string of the molecule is CCNC(=NCc1ccccc1F)NCCCNC(=O)c1cccs1.I. The lowest BCUT2D eigenvalue weighted by Gasteiger charge is -2.11. The number of hydrogen-bond donors (Lipinski definition) is 3. The molecule has 1 aromatic heterocycles. The van der Waals surface area contributed by atoms with Crippen LogP contribution in [0.5, 0.6) is 0 Å². The summed E-state index contributed by atoms with van der Waals surface area (Å²) in [5.74, 6) is 0.337. The Bertz CT molecular complexity index is 694. The topological polar surface area (TPSA) is 65.5 Å². The number of guanidine groups is 1. The molecule has 1 amide bonds. The number of carbonyl (C=O) groups excluding carboxylic acids is 1. The first-order valence-electron chi connectivity index (χ1n) is 8.28. The Balaban J connectivity index is 0.00000338. The van der Waals surface area contributed by atoms with Crippen LogP contribution in [0.15, 0.2) is 46.8 Å². The van der Waals surface area contributed by atoms with Crippen LogP contribution in [0.4, 0.5) is 4.39 Å². The molecule has 0 unspecified atom stereocenters. The predicted molar refractivity (Wildman–Crippen MR) is 116 cm³/mol. The molecule has 0 saturated heterocycles. The van der Waals surface area contributed by atoms with Crippen LogP contribution in [0.3, 0.4) is 0 Å². The maximum atomic E-state index is 13.6. The molecule has 1 heterocycles. The zero-order chi connectivity index (χ0) is 17.9. The number of thiophene rings is 1. The molecule has 3 N–H and O–H groups in total. The van der Waals surface area contributed by atoms with Gasteiger partial charge in [-0.05, 0) is 30.9 Å². The molecule has 0 aliphatic carbocycles. The van der Waals surface area contributed by atoms with Gasteiger partial charge in [-0.1, -0.05) is 24.3 Å². The average Bonchev–Trinajstić information content (AvgIpc) is 3.15. The number of hydrogen-bond acceptors (Lipinski definition) is 3. The minimum Gasteiger partial charge on any atom is -0.357 e. The van der Waals surface area contributed by atoms with Crippen molar-refractivity contribution >= 4 is 47.2 Å². The van der Waals surface area contributed by atoms with Crippen molar-refractivity contribution in [1.29, 1.82) is 0 Å². The summed E-state index contributed by atoms with van der Waals surface area (Å²) in [6.45, 7) is 4.21. The molecule has 0 fully saturated rings. The number of aliphatic imine (C=N–C) groups is 1. The Hall–Kier alpha value is -1.68. The number of rotatable bonds is 8. The van der Waals surface area contributed by atoms with Gasteiger partial charge in [0, 0.05) is 25.2 Å². The van der Waals surface area contributed by atoms with E-state index < -0.39 is 0 Å². The third-order valence-corrected chi connectivity index (χ3v) is 4.25. The fourth-order valence-electron chi connectivity index (χ4n) is 2.12. The number of benzene rings is 1. The molecule has 0 aliphatic heterocycles. The summed E-state index contributed by atoms with van der Waals surface area (Å²) in [6, 6.07) is 10.3. The van der Waals surface area contributed by atoms with Gasteiger partial charge in [-0.2, -0.15) is 0 Å². The van der Waals surface area contributed by atoms with Crippen molar-refractivity contribution in [3.8, 4) is 0 Å². The van der Waals surface area contributed by atoms with Gasteiger partial charge in [-0.3, -0.25) is 4.79 Å². The zero-order valence-corrected chi connectivity index (χ0v) is 17.8. The van der Waals surface area contributed by atoms with E-state index in [4.69, 9.17) is 0 Å². The summed E-state index contributed by atoms with van der Waals surface area (Å²) in [7, 11) is 0. The lowest BCUT2D eigenvalue weighted by Crippen LogP contribution is -2.38. The van der Waals surface area contributed by atoms with Crippen LogP contribution in [-0.2, 0) is 6.54 Å². The summed E-state index contributed by atoms with van der Waals surface area (Å²) in [4.78, 5) is 16.9. The quantitative estimate of drug-likeness (QED) is 0.230. The third kappa shape index (κ3) is 7.69. The van der Waals surface area contributed by atoms with Gasteiger partial charge in [0.05, 0.1) is 11.4 Å². The summed E-state index contributed by atoms with van der Waals surface area (Å²) in [5.41, 5.74) is 0.558. The monoisotopic (exact) mass is 490 g/mol. The van der Waals surface area contributed by atoms with E-state index in [1.165, 1.54) is 17.4 Å². The minimum absolute atomic E-state index is 0.